The fourth-order valence-corrected chi connectivity index (χ4v) is 9.06. The first-order chi connectivity index (χ1) is 24.8. The van der Waals surface area contributed by atoms with Gasteiger partial charge in [0.1, 0.15) is 5.75 Å². The molecular weight excluding hydrogens is 680 g/mol. The highest BCUT2D eigenvalue weighted by Crippen LogP contribution is 2.46. The van der Waals surface area contributed by atoms with Crippen molar-refractivity contribution in [1.29, 1.82) is 0 Å². The third kappa shape index (κ3) is 7.47. The van der Waals surface area contributed by atoms with E-state index >= 15 is 4.39 Å². The molecule has 2 aromatic rings. The molecule has 5 atom stereocenters. The van der Waals surface area contributed by atoms with E-state index in [9.17, 15) is 32.7 Å². The number of carboxylic acids is 1. The highest BCUT2D eigenvalue weighted by Gasteiger charge is 2.57. The van der Waals surface area contributed by atoms with Crippen molar-refractivity contribution in [3.63, 3.8) is 0 Å². The molecule has 13 heteroatoms. The molecule has 6 rings (SSSR count). The van der Waals surface area contributed by atoms with E-state index < -0.39 is 41.1 Å². The van der Waals surface area contributed by atoms with Crippen molar-refractivity contribution in [2.75, 3.05) is 64.4 Å². The van der Waals surface area contributed by atoms with Gasteiger partial charge >= 0.3 is 12.1 Å². The Morgan fingerprint density at radius 3 is 2.27 bits per heavy atom. The maximum absolute atomic E-state index is 17.8. The Balaban J connectivity index is 1.28. The molecule has 0 saturated carbocycles. The number of piperidine rings is 1. The van der Waals surface area contributed by atoms with Crippen molar-refractivity contribution in [3.05, 3.63) is 59.2 Å². The molecule has 0 bridgehead atoms. The summed E-state index contributed by atoms with van der Waals surface area (Å²) in [4.78, 5) is 46.6. The van der Waals surface area contributed by atoms with Gasteiger partial charge in [0.2, 0.25) is 11.6 Å². The Morgan fingerprint density at radius 1 is 0.942 bits per heavy atom. The van der Waals surface area contributed by atoms with Crippen molar-refractivity contribution < 1.29 is 41.8 Å². The summed E-state index contributed by atoms with van der Waals surface area (Å²) in [7, 11) is 1.54. The van der Waals surface area contributed by atoms with Crippen LogP contribution in [0.3, 0.4) is 0 Å². The number of hydrogen-bond donors (Lipinski definition) is 1. The van der Waals surface area contributed by atoms with Gasteiger partial charge in [0.15, 0.2) is 0 Å². The van der Waals surface area contributed by atoms with Crippen LogP contribution in [0, 0.1) is 11.8 Å². The lowest BCUT2D eigenvalue weighted by Crippen LogP contribution is -2.50. The summed E-state index contributed by atoms with van der Waals surface area (Å²) in [5.41, 5.74) is -1.48. The number of carbonyl (C=O) groups is 3. The molecule has 0 unspecified atom stereocenters. The molecular formula is C39H50F4N4O5. The molecule has 4 aliphatic heterocycles. The van der Waals surface area contributed by atoms with Crippen LogP contribution in [-0.2, 0) is 20.6 Å². The highest BCUT2D eigenvalue weighted by molar-refractivity contribution is 5.88. The number of likely N-dealkylation sites (tertiary alicyclic amines) is 3. The number of rotatable bonds is 10. The van der Waals surface area contributed by atoms with E-state index in [-0.39, 0.29) is 56.5 Å². The number of nitrogens with zero attached hydrogens (tertiary/aromatic N) is 4. The average molecular weight is 731 g/mol. The third-order valence-electron chi connectivity index (χ3n) is 12.0. The van der Waals surface area contributed by atoms with Crippen molar-refractivity contribution in [2.24, 2.45) is 11.8 Å². The van der Waals surface area contributed by atoms with E-state index in [0.717, 1.165) is 31.4 Å². The molecule has 2 aromatic carbocycles. The van der Waals surface area contributed by atoms with Gasteiger partial charge in [-0.05, 0) is 73.4 Å². The number of ether oxygens (including phenoxy) is 1. The molecule has 0 spiro atoms. The second-order valence-electron chi connectivity index (χ2n) is 15.0. The Labute approximate surface area is 302 Å². The summed E-state index contributed by atoms with van der Waals surface area (Å²) < 4.78 is 65.0. The summed E-state index contributed by atoms with van der Waals surface area (Å²) in [6.45, 7) is 5.58. The fourth-order valence-electron chi connectivity index (χ4n) is 9.06. The number of alkyl halides is 4. The standard InChI is InChI=1S/C39H50F4N4O5/c1-4-25-20-46(21-32(25)31-13-10-28(39(41,42)43)19-34(31)45-17-14-27(15-18-45)36(49)50)37(51)38(40)24-44(23-35(48)47-16-6-7-29(47)5-2)22-33(38)26-8-11-30(52-3)12-9-26/h8-13,19,25,27,29,32-33H,4-7,14-18,20-24H2,1-3H3,(H,49,50)/t25-,29-,32-,33-,38-/m0/s1. The van der Waals surface area contributed by atoms with Gasteiger partial charge in [-0.2, -0.15) is 13.2 Å². The van der Waals surface area contributed by atoms with Crippen molar-refractivity contribution in [2.45, 2.75) is 82.1 Å². The zero-order chi connectivity index (χ0) is 37.4. The van der Waals surface area contributed by atoms with E-state index in [2.05, 4.69) is 6.92 Å². The summed E-state index contributed by atoms with van der Waals surface area (Å²) in [5, 5.41) is 9.51. The first kappa shape index (κ1) is 37.9. The van der Waals surface area contributed by atoms with Crippen molar-refractivity contribution in [3.8, 4) is 5.75 Å². The van der Waals surface area contributed by atoms with Gasteiger partial charge in [0, 0.05) is 69.4 Å². The number of methoxy groups -OCH3 is 1. The van der Waals surface area contributed by atoms with Crippen LogP contribution in [0.4, 0.5) is 23.2 Å². The Bertz CT molecular complexity index is 1610. The summed E-state index contributed by atoms with van der Waals surface area (Å²) in [6.07, 6.45) is -0.616. The Kier molecular flexibility index (Phi) is 11.1. The number of carboxylic acid groups (broad SMARTS) is 1. The Hall–Kier alpha value is -3.87. The van der Waals surface area contributed by atoms with E-state index in [1.165, 1.54) is 18.1 Å². The quantitative estimate of drug-likeness (QED) is 0.292. The zero-order valence-corrected chi connectivity index (χ0v) is 30.2. The lowest BCUT2D eigenvalue weighted by Gasteiger charge is -2.35. The molecule has 9 nitrogen and oxygen atoms in total. The van der Waals surface area contributed by atoms with Crippen LogP contribution < -0.4 is 9.64 Å². The van der Waals surface area contributed by atoms with Crippen LogP contribution >= 0.6 is 0 Å². The minimum absolute atomic E-state index is 0.00972. The molecule has 284 valence electrons. The summed E-state index contributed by atoms with van der Waals surface area (Å²) in [6, 6.07) is 10.8. The SMILES string of the molecule is CC[C@H]1CN(C(=O)[C@]2(F)CN(CC(=O)N3CCC[C@@H]3CC)C[C@H]2c2ccc(OC)cc2)C[C@@H]1c1ccc(C(F)(F)F)cc1N1CCC(C(=O)O)CC1. The van der Waals surface area contributed by atoms with E-state index in [4.69, 9.17) is 4.74 Å². The van der Waals surface area contributed by atoms with Gasteiger partial charge in [-0.25, -0.2) is 4.39 Å². The van der Waals surface area contributed by atoms with Gasteiger partial charge in [0.25, 0.3) is 5.91 Å². The maximum Gasteiger partial charge on any atom is 0.416 e. The van der Waals surface area contributed by atoms with Gasteiger partial charge in [0.05, 0.1) is 25.1 Å². The summed E-state index contributed by atoms with van der Waals surface area (Å²) >= 11 is 0. The van der Waals surface area contributed by atoms with Crippen LogP contribution in [0.15, 0.2) is 42.5 Å². The normalized spacial score (nSPS) is 27.4. The highest BCUT2D eigenvalue weighted by atomic mass is 19.4. The molecule has 1 N–H and O–H groups in total. The zero-order valence-electron chi connectivity index (χ0n) is 30.2. The number of halogens is 4. The van der Waals surface area contributed by atoms with Crippen LogP contribution in [-0.4, -0.2) is 109 Å². The summed E-state index contributed by atoms with van der Waals surface area (Å²) in [5.74, 6) is -2.96. The van der Waals surface area contributed by atoms with E-state index in [1.807, 2.05) is 16.7 Å². The molecule has 4 fully saturated rings. The largest absolute Gasteiger partial charge is 0.497 e. The van der Waals surface area contributed by atoms with Crippen LogP contribution in [0.5, 0.6) is 5.75 Å². The fraction of sp³-hybridized carbons (Fsp3) is 0.615. The topological polar surface area (TPSA) is 93.6 Å². The molecule has 4 saturated heterocycles. The smallest absolute Gasteiger partial charge is 0.416 e. The first-order valence-corrected chi connectivity index (χ1v) is 18.6. The Morgan fingerprint density at radius 2 is 1.65 bits per heavy atom. The van der Waals surface area contributed by atoms with Gasteiger partial charge < -0.3 is 24.5 Å². The van der Waals surface area contributed by atoms with Crippen LogP contribution in [0.25, 0.3) is 0 Å². The molecule has 52 heavy (non-hydrogen) atoms. The number of amides is 2. The van der Waals surface area contributed by atoms with Gasteiger partial charge in [-0.15, -0.1) is 0 Å². The number of aliphatic carboxylic acids is 1. The predicted molar refractivity (Wildman–Crippen MR) is 188 cm³/mol. The molecule has 0 aromatic heterocycles. The van der Waals surface area contributed by atoms with Crippen molar-refractivity contribution in [1.82, 2.24) is 14.7 Å². The monoisotopic (exact) mass is 730 g/mol. The maximum atomic E-state index is 17.8. The minimum Gasteiger partial charge on any atom is -0.497 e. The van der Waals surface area contributed by atoms with Crippen molar-refractivity contribution >= 4 is 23.5 Å². The van der Waals surface area contributed by atoms with Crippen LogP contribution in [0.1, 0.15) is 80.9 Å². The van der Waals surface area contributed by atoms with Gasteiger partial charge in [-0.1, -0.05) is 38.5 Å². The van der Waals surface area contributed by atoms with E-state index in [1.54, 1.807) is 29.2 Å². The lowest BCUT2D eigenvalue weighted by molar-refractivity contribution is -0.144. The second kappa shape index (κ2) is 15.2. The van der Waals surface area contributed by atoms with Crippen LogP contribution in [0.2, 0.25) is 0 Å². The van der Waals surface area contributed by atoms with E-state index in [0.29, 0.717) is 61.5 Å². The minimum atomic E-state index is -4.58. The molecule has 0 aliphatic carbocycles. The number of carbonyl (C=O) groups excluding carboxylic acids is 2. The molecule has 4 heterocycles. The molecule has 0 radical (unpaired) electrons. The third-order valence-corrected chi connectivity index (χ3v) is 12.0. The predicted octanol–water partition coefficient (Wildman–Crippen LogP) is 6.18. The average Bonchev–Trinajstić information content (AvgIpc) is 3.88. The second-order valence-corrected chi connectivity index (χ2v) is 15.0. The first-order valence-electron chi connectivity index (χ1n) is 18.6. The van der Waals surface area contributed by atoms with Gasteiger partial charge in [-0.3, -0.25) is 19.3 Å². The number of hydrogen-bond acceptors (Lipinski definition) is 6. The lowest BCUT2D eigenvalue weighted by atomic mass is 9.84. The molecule has 4 aliphatic rings. The number of anilines is 1. The number of benzene rings is 2. The molecule has 2 amide bonds.